The highest BCUT2D eigenvalue weighted by atomic mass is 32.2. The molecule has 1 aromatic carbocycles. The van der Waals surface area contributed by atoms with Crippen LogP contribution in [0.3, 0.4) is 0 Å². The summed E-state index contributed by atoms with van der Waals surface area (Å²) in [5.74, 6) is -0.0409. The first kappa shape index (κ1) is 28.4. The third-order valence-corrected chi connectivity index (χ3v) is 9.75. The highest BCUT2D eigenvalue weighted by Crippen LogP contribution is 2.33. The number of rotatable bonds is 13. The summed E-state index contributed by atoms with van der Waals surface area (Å²) in [5.41, 5.74) is 1.06. The molecule has 13 heteroatoms. The maximum absolute atomic E-state index is 13.4. The van der Waals surface area contributed by atoms with E-state index in [0.717, 1.165) is 19.5 Å². The van der Waals surface area contributed by atoms with Gasteiger partial charge in [0, 0.05) is 24.6 Å². The van der Waals surface area contributed by atoms with Gasteiger partial charge in [-0.25, -0.2) is 18.4 Å². The van der Waals surface area contributed by atoms with Crippen molar-refractivity contribution in [2.75, 3.05) is 45.3 Å². The molecule has 0 spiro atoms. The number of ether oxygens (including phenoxy) is 2. The van der Waals surface area contributed by atoms with E-state index in [2.05, 4.69) is 39.3 Å². The first-order valence-electron chi connectivity index (χ1n) is 13.4. The summed E-state index contributed by atoms with van der Waals surface area (Å²) in [4.78, 5) is 31.0. The van der Waals surface area contributed by atoms with Gasteiger partial charge in [-0.2, -0.15) is 0 Å². The van der Waals surface area contributed by atoms with E-state index in [-0.39, 0.29) is 22.0 Å². The molecule has 3 heterocycles. The molecule has 1 amide bonds. The van der Waals surface area contributed by atoms with Gasteiger partial charge in [0.15, 0.2) is 26.8 Å². The molecule has 11 nitrogen and oxygen atoms in total. The number of fused-ring (bicyclic) bond motifs is 1. The summed E-state index contributed by atoms with van der Waals surface area (Å²) in [7, 11) is -1.30. The normalized spacial score (nSPS) is 17.9. The summed E-state index contributed by atoms with van der Waals surface area (Å²) in [6.45, 7) is 5.40. The number of likely N-dealkylation sites (N-methyl/N-ethyl adjacent to an activating group) is 1. The van der Waals surface area contributed by atoms with Gasteiger partial charge in [0.25, 0.3) is 5.91 Å². The van der Waals surface area contributed by atoms with Crippen LogP contribution in [0.1, 0.15) is 38.2 Å². The molecule has 5 rings (SSSR count). The highest BCUT2D eigenvalue weighted by molar-refractivity contribution is 7.92. The second-order valence-corrected chi connectivity index (χ2v) is 13.1. The van der Waals surface area contributed by atoms with Crippen LogP contribution in [0.25, 0.3) is 10.3 Å². The molecular weight excluding hydrogens is 554 g/mol. The lowest BCUT2D eigenvalue weighted by molar-refractivity contribution is -0.110. The van der Waals surface area contributed by atoms with Crippen LogP contribution in [0, 0.1) is 0 Å². The lowest BCUT2D eigenvalue weighted by Gasteiger charge is -2.15. The van der Waals surface area contributed by atoms with Crippen molar-refractivity contribution in [3.63, 3.8) is 0 Å². The maximum Gasteiger partial charge on any atom is 0.280 e. The van der Waals surface area contributed by atoms with Crippen molar-refractivity contribution in [3.05, 3.63) is 42.0 Å². The van der Waals surface area contributed by atoms with Crippen molar-refractivity contribution >= 4 is 48.3 Å². The predicted molar refractivity (Wildman–Crippen MR) is 153 cm³/mol. The quantitative estimate of drug-likeness (QED) is 0.236. The number of pyridine rings is 1. The summed E-state index contributed by atoms with van der Waals surface area (Å²) in [5, 5.41) is 6.97. The Morgan fingerprint density at radius 2 is 1.95 bits per heavy atom. The first-order chi connectivity index (χ1) is 19.3. The van der Waals surface area contributed by atoms with Gasteiger partial charge in [0.1, 0.15) is 17.0 Å². The highest BCUT2D eigenvalue weighted by Gasteiger charge is 2.36. The predicted octanol–water partition coefficient (Wildman–Crippen LogP) is 3.50. The fraction of sp³-hybridized carbons (Fsp3) is 0.481. The van der Waals surface area contributed by atoms with Crippen LogP contribution in [0.2, 0.25) is 0 Å². The number of amides is 1. The molecular formula is C27H33N5O6S2. The summed E-state index contributed by atoms with van der Waals surface area (Å²) in [6.07, 6.45) is 2.84. The Balaban J connectivity index is 1.30. The monoisotopic (exact) mass is 587 g/mol. The zero-order valence-electron chi connectivity index (χ0n) is 22.5. The van der Waals surface area contributed by atoms with Gasteiger partial charge in [-0.3, -0.25) is 10.1 Å². The van der Waals surface area contributed by atoms with E-state index < -0.39 is 15.7 Å². The van der Waals surface area contributed by atoms with Crippen LogP contribution in [0.15, 0.2) is 46.4 Å². The number of benzene rings is 1. The van der Waals surface area contributed by atoms with Crippen molar-refractivity contribution in [1.82, 2.24) is 14.9 Å². The number of oxime groups is 1. The smallest absolute Gasteiger partial charge is 0.280 e. The van der Waals surface area contributed by atoms with E-state index in [9.17, 15) is 13.2 Å². The van der Waals surface area contributed by atoms with Gasteiger partial charge >= 0.3 is 0 Å². The Bertz CT molecular complexity index is 1460. The second kappa shape index (κ2) is 12.6. The fourth-order valence-electron chi connectivity index (χ4n) is 4.21. The Hall–Kier alpha value is -3.13. The molecule has 2 fully saturated rings. The first-order valence-corrected chi connectivity index (χ1v) is 15.8. The lowest BCUT2D eigenvalue weighted by atomic mass is 10.1. The molecule has 1 saturated carbocycles. The number of aromatic nitrogens is 2. The average Bonchev–Trinajstić information content (AvgIpc) is 3.54. The van der Waals surface area contributed by atoms with Crippen molar-refractivity contribution in [2.45, 2.75) is 48.9 Å². The van der Waals surface area contributed by atoms with Gasteiger partial charge in [-0.1, -0.05) is 35.5 Å². The number of sulfone groups is 1. The van der Waals surface area contributed by atoms with Gasteiger partial charge in [0.05, 0.1) is 23.4 Å². The number of carbonyl (C=O) groups is 1. The van der Waals surface area contributed by atoms with Gasteiger partial charge in [-0.15, -0.1) is 0 Å². The Labute approximate surface area is 237 Å². The molecule has 0 bridgehead atoms. The van der Waals surface area contributed by atoms with Crippen LogP contribution < -0.4 is 10.1 Å². The van der Waals surface area contributed by atoms with Crippen LogP contribution >= 0.6 is 11.3 Å². The molecule has 1 aliphatic heterocycles. The van der Waals surface area contributed by atoms with E-state index >= 15 is 0 Å². The molecule has 0 unspecified atom stereocenters. The van der Waals surface area contributed by atoms with Gasteiger partial charge in [0.2, 0.25) is 5.88 Å². The van der Waals surface area contributed by atoms with Crippen molar-refractivity contribution in [1.29, 1.82) is 0 Å². The third kappa shape index (κ3) is 6.95. The Morgan fingerprint density at radius 1 is 1.15 bits per heavy atom. The van der Waals surface area contributed by atoms with Crippen molar-refractivity contribution in [2.24, 2.45) is 5.16 Å². The molecule has 1 saturated heterocycles. The molecule has 1 aliphatic carbocycles. The van der Waals surface area contributed by atoms with Crippen molar-refractivity contribution in [3.8, 4) is 5.88 Å². The maximum atomic E-state index is 13.4. The zero-order valence-corrected chi connectivity index (χ0v) is 24.2. The molecule has 2 aliphatic rings. The zero-order chi connectivity index (χ0) is 28.1. The molecule has 0 radical (unpaired) electrons. The minimum Gasteiger partial charge on any atom is -0.476 e. The molecule has 3 aromatic rings. The van der Waals surface area contributed by atoms with Crippen LogP contribution in [-0.2, 0) is 24.2 Å². The average molecular weight is 588 g/mol. The lowest BCUT2D eigenvalue weighted by Crippen LogP contribution is -2.25. The number of anilines is 1. The second-order valence-electron chi connectivity index (χ2n) is 9.90. The minimum atomic E-state index is -3.35. The topological polar surface area (TPSA) is 132 Å². The van der Waals surface area contributed by atoms with E-state index in [1.807, 2.05) is 0 Å². The van der Waals surface area contributed by atoms with Crippen molar-refractivity contribution < 1.29 is 27.5 Å². The van der Waals surface area contributed by atoms with E-state index in [1.165, 1.54) is 23.5 Å². The summed E-state index contributed by atoms with van der Waals surface area (Å²) in [6, 6.07) is 9.72. The Morgan fingerprint density at radius 3 is 2.65 bits per heavy atom. The van der Waals surface area contributed by atoms with E-state index in [4.69, 9.17) is 14.3 Å². The summed E-state index contributed by atoms with van der Waals surface area (Å²) < 4.78 is 36.3. The summed E-state index contributed by atoms with van der Waals surface area (Å²) >= 11 is 1.22. The minimum absolute atomic E-state index is 0.00899. The van der Waals surface area contributed by atoms with E-state index in [1.54, 1.807) is 24.3 Å². The van der Waals surface area contributed by atoms with Gasteiger partial charge in [-0.05, 0) is 51.1 Å². The largest absolute Gasteiger partial charge is 0.476 e. The SMILES string of the molecule is CCCN(C)CCOc1ccc2nc(NC(=O)C(=NO[C@@H]3CCOC3)c3ccc(S(=O)(=O)C4CC4)cc3)sc2n1. The molecule has 1 N–H and O–H groups in total. The van der Waals surface area contributed by atoms with E-state index in [0.29, 0.717) is 66.0 Å². The molecule has 2 aromatic heterocycles. The number of hydrogen-bond donors (Lipinski definition) is 1. The Kier molecular flexibility index (Phi) is 8.94. The van der Waals surface area contributed by atoms with Crippen LogP contribution in [0.4, 0.5) is 5.13 Å². The van der Waals surface area contributed by atoms with Crippen LogP contribution in [0.5, 0.6) is 5.88 Å². The standard InChI is InChI=1S/C27H33N5O6S2/c1-3-13-32(2)14-16-37-23-11-10-22-26(29-23)39-27(28-22)30-25(33)24(31-38-19-12-15-36-17-19)18-4-6-20(7-5-18)40(34,35)21-8-9-21/h4-7,10-11,19,21H,3,8-9,12-17H2,1-2H3,(H,28,30,33)/t19-/m1/s1. The van der Waals surface area contributed by atoms with Gasteiger partial charge < -0.3 is 19.2 Å². The number of thiazole rings is 1. The molecule has 1 atom stereocenters. The third-order valence-electron chi connectivity index (χ3n) is 6.59. The number of carbonyl (C=O) groups excluding carboxylic acids is 1. The molecule has 214 valence electrons. The number of hydrogen-bond acceptors (Lipinski definition) is 11. The number of nitrogens with one attached hydrogen (secondary N) is 1. The molecule has 40 heavy (non-hydrogen) atoms. The number of nitrogens with zero attached hydrogens (tertiary/aromatic N) is 4. The fourth-order valence-corrected chi connectivity index (χ4v) is 6.69. The van der Waals surface area contributed by atoms with Crippen LogP contribution in [-0.4, -0.2) is 86.2 Å².